The van der Waals surface area contributed by atoms with Gasteiger partial charge in [0, 0.05) is 38.8 Å². The molecule has 5 heteroatoms. The lowest BCUT2D eigenvalue weighted by molar-refractivity contribution is -0.130. The Bertz CT molecular complexity index is 505. The van der Waals surface area contributed by atoms with Crippen LogP contribution < -0.4 is 5.73 Å². The first-order valence-electron chi connectivity index (χ1n) is 6.40. The van der Waals surface area contributed by atoms with Gasteiger partial charge in [-0.05, 0) is 18.6 Å². The quantitative estimate of drug-likeness (QED) is 0.763. The summed E-state index contributed by atoms with van der Waals surface area (Å²) < 4.78 is 0. The number of nitrogens with two attached hydrogens (primary N) is 1. The molecule has 1 aliphatic heterocycles. The highest BCUT2D eigenvalue weighted by Crippen LogP contribution is 2.19. The third-order valence-electron chi connectivity index (χ3n) is 3.57. The number of amides is 2. The molecule has 102 valence electrons. The molecular formula is C14H19N3O2. The molecule has 1 aromatic carbocycles. The molecule has 1 aliphatic rings. The monoisotopic (exact) mass is 261 g/mol. The van der Waals surface area contributed by atoms with Gasteiger partial charge in [-0.15, -0.1) is 0 Å². The maximum Gasteiger partial charge on any atom is 0.256 e. The summed E-state index contributed by atoms with van der Waals surface area (Å²) in [5, 5.41) is 0. The Balaban J connectivity index is 2.09. The zero-order valence-electron chi connectivity index (χ0n) is 11.3. The second kappa shape index (κ2) is 5.30. The van der Waals surface area contributed by atoms with Crippen molar-refractivity contribution in [1.29, 1.82) is 0 Å². The summed E-state index contributed by atoms with van der Waals surface area (Å²) in [6.45, 7) is 5.74. The van der Waals surface area contributed by atoms with Crippen LogP contribution in [0.15, 0.2) is 18.2 Å². The van der Waals surface area contributed by atoms with E-state index >= 15 is 0 Å². The van der Waals surface area contributed by atoms with Gasteiger partial charge in [-0.3, -0.25) is 9.59 Å². The molecule has 2 N–H and O–H groups in total. The molecule has 1 aromatic rings. The van der Waals surface area contributed by atoms with E-state index in [1.807, 2.05) is 19.1 Å². The number of para-hydroxylation sites is 1. The molecule has 0 unspecified atom stereocenters. The molecule has 0 radical (unpaired) electrons. The van der Waals surface area contributed by atoms with Gasteiger partial charge >= 0.3 is 0 Å². The van der Waals surface area contributed by atoms with Crippen LogP contribution in [0.25, 0.3) is 0 Å². The number of anilines is 1. The average Bonchev–Trinajstić information content (AvgIpc) is 2.41. The van der Waals surface area contributed by atoms with Gasteiger partial charge < -0.3 is 15.5 Å². The molecule has 2 rings (SSSR count). The third kappa shape index (κ3) is 2.70. The first kappa shape index (κ1) is 13.4. The molecule has 1 saturated heterocycles. The van der Waals surface area contributed by atoms with Crippen molar-refractivity contribution in [2.45, 2.75) is 13.8 Å². The molecule has 2 amide bonds. The molecule has 5 nitrogen and oxygen atoms in total. The van der Waals surface area contributed by atoms with Gasteiger partial charge in [0.15, 0.2) is 0 Å². The van der Waals surface area contributed by atoms with Gasteiger partial charge in [-0.2, -0.15) is 0 Å². The molecule has 0 aromatic heterocycles. The van der Waals surface area contributed by atoms with Crippen LogP contribution in [0.5, 0.6) is 0 Å². The first-order valence-corrected chi connectivity index (χ1v) is 6.40. The summed E-state index contributed by atoms with van der Waals surface area (Å²) in [7, 11) is 0. The Labute approximate surface area is 113 Å². The summed E-state index contributed by atoms with van der Waals surface area (Å²) >= 11 is 0. The van der Waals surface area contributed by atoms with Crippen LogP contribution >= 0.6 is 0 Å². The van der Waals surface area contributed by atoms with Crippen molar-refractivity contribution >= 4 is 17.5 Å². The fourth-order valence-electron chi connectivity index (χ4n) is 2.26. The van der Waals surface area contributed by atoms with E-state index in [1.165, 1.54) is 0 Å². The Morgan fingerprint density at radius 3 is 2.26 bits per heavy atom. The van der Waals surface area contributed by atoms with Crippen LogP contribution in [0.1, 0.15) is 22.8 Å². The van der Waals surface area contributed by atoms with Gasteiger partial charge in [0.25, 0.3) is 5.91 Å². The molecule has 0 saturated carbocycles. The summed E-state index contributed by atoms with van der Waals surface area (Å²) in [6.07, 6.45) is 0. The summed E-state index contributed by atoms with van der Waals surface area (Å²) in [4.78, 5) is 27.1. The van der Waals surface area contributed by atoms with E-state index in [9.17, 15) is 9.59 Å². The number of hydrogen-bond donors (Lipinski definition) is 1. The third-order valence-corrected chi connectivity index (χ3v) is 3.57. The first-order chi connectivity index (χ1) is 9.00. The van der Waals surface area contributed by atoms with E-state index in [2.05, 4.69) is 0 Å². The van der Waals surface area contributed by atoms with Crippen LogP contribution in [0.4, 0.5) is 5.69 Å². The number of rotatable bonds is 1. The number of carbonyl (C=O) groups is 2. The summed E-state index contributed by atoms with van der Waals surface area (Å²) in [5.74, 6) is 0.00608. The molecule has 0 aliphatic carbocycles. The van der Waals surface area contributed by atoms with Crippen LogP contribution in [0.2, 0.25) is 0 Å². The number of benzene rings is 1. The molecular weight excluding hydrogens is 242 g/mol. The standard InChI is InChI=1S/C14H19N3O2/c1-10-4-3-5-12(13(10)15)14(19)17-8-6-16(7-9-17)11(2)18/h3-5H,6-9,15H2,1-2H3. The van der Waals surface area contributed by atoms with Crippen molar-refractivity contribution in [3.05, 3.63) is 29.3 Å². The largest absolute Gasteiger partial charge is 0.398 e. The lowest BCUT2D eigenvalue weighted by atomic mass is 10.1. The van der Waals surface area contributed by atoms with E-state index in [4.69, 9.17) is 5.73 Å². The fraction of sp³-hybridized carbons (Fsp3) is 0.429. The minimum atomic E-state index is -0.0515. The van der Waals surface area contributed by atoms with Crippen molar-refractivity contribution in [1.82, 2.24) is 9.80 Å². The second-order valence-corrected chi connectivity index (χ2v) is 4.83. The Morgan fingerprint density at radius 1 is 1.11 bits per heavy atom. The predicted octanol–water partition coefficient (Wildman–Crippen LogP) is 0.882. The minimum Gasteiger partial charge on any atom is -0.398 e. The number of aryl methyl sites for hydroxylation is 1. The number of nitrogen functional groups attached to an aromatic ring is 1. The maximum atomic E-state index is 12.4. The smallest absolute Gasteiger partial charge is 0.256 e. The maximum absolute atomic E-state index is 12.4. The van der Waals surface area contributed by atoms with Crippen molar-refractivity contribution in [3.63, 3.8) is 0 Å². The zero-order chi connectivity index (χ0) is 14.0. The Kier molecular flexibility index (Phi) is 3.74. The summed E-state index contributed by atoms with van der Waals surface area (Å²) in [5.41, 5.74) is 7.96. The highest BCUT2D eigenvalue weighted by Gasteiger charge is 2.24. The molecule has 0 bridgehead atoms. The van der Waals surface area contributed by atoms with Gasteiger partial charge in [0.2, 0.25) is 5.91 Å². The van der Waals surface area contributed by atoms with Crippen LogP contribution in [-0.4, -0.2) is 47.8 Å². The van der Waals surface area contributed by atoms with Crippen molar-refractivity contribution < 1.29 is 9.59 Å². The molecule has 1 heterocycles. The summed E-state index contributed by atoms with van der Waals surface area (Å²) in [6, 6.07) is 5.48. The highest BCUT2D eigenvalue weighted by molar-refractivity contribution is 5.99. The minimum absolute atomic E-state index is 0.0515. The van der Waals surface area contributed by atoms with Crippen LogP contribution in [-0.2, 0) is 4.79 Å². The second-order valence-electron chi connectivity index (χ2n) is 4.83. The Morgan fingerprint density at radius 2 is 1.68 bits per heavy atom. The van der Waals surface area contributed by atoms with Gasteiger partial charge in [-0.1, -0.05) is 12.1 Å². The lowest BCUT2D eigenvalue weighted by Gasteiger charge is -2.34. The zero-order valence-corrected chi connectivity index (χ0v) is 11.3. The number of nitrogens with zero attached hydrogens (tertiary/aromatic N) is 2. The van der Waals surface area contributed by atoms with Crippen molar-refractivity contribution in [2.24, 2.45) is 0 Å². The molecule has 0 atom stereocenters. The van der Waals surface area contributed by atoms with Crippen molar-refractivity contribution in [3.8, 4) is 0 Å². The van der Waals surface area contributed by atoms with E-state index in [0.717, 1.165) is 5.56 Å². The highest BCUT2D eigenvalue weighted by atomic mass is 16.2. The number of hydrogen-bond acceptors (Lipinski definition) is 3. The molecule has 1 fully saturated rings. The van der Waals surface area contributed by atoms with E-state index < -0.39 is 0 Å². The van der Waals surface area contributed by atoms with Gasteiger partial charge in [0.05, 0.1) is 5.56 Å². The van der Waals surface area contributed by atoms with Gasteiger partial charge in [0.1, 0.15) is 0 Å². The van der Waals surface area contributed by atoms with Crippen LogP contribution in [0.3, 0.4) is 0 Å². The normalized spacial score (nSPS) is 15.5. The number of carbonyl (C=O) groups excluding carboxylic acids is 2. The predicted molar refractivity (Wildman–Crippen MR) is 73.7 cm³/mol. The molecule has 0 spiro atoms. The van der Waals surface area contributed by atoms with E-state index in [1.54, 1.807) is 22.8 Å². The Hall–Kier alpha value is -2.04. The number of piperazine rings is 1. The lowest BCUT2D eigenvalue weighted by Crippen LogP contribution is -2.50. The topological polar surface area (TPSA) is 66.6 Å². The van der Waals surface area contributed by atoms with Crippen molar-refractivity contribution in [2.75, 3.05) is 31.9 Å². The average molecular weight is 261 g/mol. The van der Waals surface area contributed by atoms with Crippen LogP contribution in [0, 0.1) is 6.92 Å². The van der Waals surface area contributed by atoms with E-state index in [-0.39, 0.29) is 11.8 Å². The van der Waals surface area contributed by atoms with E-state index in [0.29, 0.717) is 37.4 Å². The fourth-order valence-corrected chi connectivity index (χ4v) is 2.26. The van der Waals surface area contributed by atoms with Gasteiger partial charge in [-0.25, -0.2) is 0 Å². The molecule has 19 heavy (non-hydrogen) atoms. The SMILES string of the molecule is CC(=O)N1CCN(C(=O)c2cccc(C)c2N)CC1.